The highest BCUT2D eigenvalue weighted by molar-refractivity contribution is 6.43. The van der Waals surface area contributed by atoms with Gasteiger partial charge in [-0.15, -0.1) is 0 Å². The first-order valence-corrected chi connectivity index (χ1v) is 4.01. The molecular formula is C7H17BO2. The lowest BCUT2D eigenvalue weighted by atomic mass is 9.97. The van der Waals surface area contributed by atoms with Gasteiger partial charge in [0.25, 0.3) is 0 Å². The molecule has 1 aliphatic heterocycles. The predicted octanol–water partition coefficient (Wildman–Crippen LogP) is 1.95. The lowest BCUT2D eigenvalue weighted by Crippen LogP contribution is -2.13. The summed E-state index contributed by atoms with van der Waals surface area (Å²) in [6.45, 7) is 9.96. The van der Waals surface area contributed by atoms with E-state index < -0.39 is 0 Å². The van der Waals surface area contributed by atoms with Crippen molar-refractivity contribution in [1.82, 2.24) is 0 Å². The van der Waals surface area contributed by atoms with Crippen LogP contribution in [0.2, 0.25) is 6.82 Å². The van der Waals surface area contributed by atoms with Crippen LogP contribution in [0.3, 0.4) is 0 Å². The summed E-state index contributed by atoms with van der Waals surface area (Å²) in [4.78, 5) is 0. The zero-order valence-electron chi connectivity index (χ0n) is 7.55. The van der Waals surface area contributed by atoms with Crippen LogP contribution >= 0.6 is 0 Å². The van der Waals surface area contributed by atoms with Gasteiger partial charge in [0.05, 0.1) is 12.2 Å². The van der Waals surface area contributed by atoms with Crippen LogP contribution in [0.4, 0.5) is 0 Å². The van der Waals surface area contributed by atoms with E-state index in [0.29, 0.717) is 0 Å². The van der Waals surface area contributed by atoms with Crippen molar-refractivity contribution in [3.05, 3.63) is 0 Å². The molecule has 1 saturated heterocycles. The molecule has 0 aliphatic carbocycles. The molecule has 0 radical (unpaired) electrons. The predicted molar refractivity (Wildman–Crippen MR) is 44.1 cm³/mol. The zero-order valence-corrected chi connectivity index (χ0v) is 7.55. The van der Waals surface area contributed by atoms with E-state index in [4.69, 9.17) is 9.31 Å². The molecule has 0 saturated carbocycles. The van der Waals surface area contributed by atoms with Crippen LogP contribution in [0.25, 0.3) is 0 Å². The highest BCUT2D eigenvalue weighted by atomic mass is 16.6. The van der Waals surface area contributed by atoms with Crippen molar-refractivity contribution >= 4 is 7.12 Å². The molecule has 2 unspecified atom stereocenters. The summed E-state index contributed by atoms with van der Waals surface area (Å²) in [7, 11) is -0.000000000000000222. The van der Waals surface area contributed by atoms with E-state index in [1.165, 1.54) is 0 Å². The first-order chi connectivity index (χ1) is 4.70. The zero-order chi connectivity index (χ0) is 8.15. The number of hydrogen-bond donors (Lipinski definition) is 0. The van der Waals surface area contributed by atoms with Gasteiger partial charge in [-0.05, 0) is 20.7 Å². The van der Waals surface area contributed by atoms with E-state index in [-0.39, 0.29) is 19.3 Å². The van der Waals surface area contributed by atoms with E-state index >= 15 is 0 Å². The average Bonchev–Trinajstić information content (AvgIpc) is 2.16. The molecule has 3 heteroatoms. The lowest BCUT2D eigenvalue weighted by Gasteiger charge is -2.04. The van der Waals surface area contributed by atoms with Crippen molar-refractivity contribution in [3.8, 4) is 0 Å². The van der Waals surface area contributed by atoms with Crippen LogP contribution < -0.4 is 0 Å². The topological polar surface area (TPSA) is 18.5 Å². The summed E-state index contributed by atoms with van der Waals surface area (Å²) in [5.41, 5.74) is 0. The molecule has 1 fully saturated rings. The Morgan fingerprint density at radius 1 is 1.00 bits per heavy atom. The second-order valence-electron chi connectivity index (χ2n) is 2.25. The summed E-state index contributed by atoms with van der Waals surface area (Å²) in [5.74, 6) is 0. The van der Waals surface area contributed by atoms with Crippen LogP contribution in [-0.4, -0.2) is 19.3 Å². The molecule has 0 aromatic heterocycles. The Bertz CT molecular complexity index is 77.7. The quantitative estimate of drug-likeness (QED) is 0.483. The minimum Gasteiger partial charge on any atom is -0.406 e. The number of hydrogen-bond acceptors (Lipinski definition) is 2. The molecule has 0 aromatic rings. The van der Waals surface area contributed by atoms with Crippen molar-refractivity contribution < 1.29 is 9.31 Å². The Hall–Kier alpha value is -0.0151. The fraction of sp³-hybridized carbons (Fsp3) is 1.00. The second-order valence-corrected chi connectivity index (χ2v) is 2.25. The molecule has 0 aromatic carbocycles. The van der Waals surface area contributed by atoms with E-state index in [0.717, 1.165) is 0 Å². The van der Waals surface area contributed by atoms with Crippen LogP contribution in [0.5, 0.6) is 0 Å². The Labute approximate surface area is 64.0 Å². The Kier molecular flexibility index (Phi) is 4.74. The molecular weight excluding hydrogens is 127 g/mol. The molecule has 2 atom stereocenters. The van der Waals surface area contributed by atoms with Gasteiger partial charge in [0, 0.05) is 0 Å². The minimum absolute atomic E-state index is 0.000000000000000222. The monoisotopic (exact) mass is 144 g/mol. The third kappa shape index (κ3) is 2.71. The smallest absolute Gasteiger partial charge is 0.406 e. The normalized spacial score (nSPS) is 31.5. The fourth-order valence-corrected chi connectivity index (χ4v) is 0.858. The molecule has 0 bridgehead atoms. The van der Waals surface area contributed by atoms with Gasteiger partial charge in [0.15, 0.2) is 0 Å². The molecule has 0 amide bonds. The highest BCUT2D eigenvalue weighted by Crippen LogP contribution is 2.14. The van der Waals surface area contributed by atoms with Crippen molar-refractivity contribution in [1.29, 1.82) is 0 Å². The van der Waals surface area contributed by atoms with Crippen molar-refractivity contribution in [3.63, 3.8) is 0 Å². The maximum Gasteiger partial charge on any atom is 0.454 e. The fourth-order valence-electron chi connectivity index (χ4n) is 0.858. The van der Waals surface area contributed by atoms with Gasteiger partial charge in [0.1, 0.15) is 0 Å². The molecule has 1 heterocycles. The van der Waals surface area contributed by atoms with Crippen LogP contribution in [0, 0.1) is 0 Å². The van der Waals surface area contributed by atoms with Gasteiger partial charge in [-0.3, -0.25) is 0 Å². The molecule has 1 aliphatic rings. The molecule has 0 N–H and O–H groups in total. The van der Waals surface area contributed by atoms with Crippen molar-refractivity contribution in [2.24, 2.45) is 0 Å². The van der Waals surface area contributed by atoms with Crippen LogP contribution in [0.1, 0.15) is 27.7 Å². The standard InChI is InChI=1S/C5H11BO2.C2H6/c1-4-5(2)8-6(3)7-4;1-2/h4-5H,1-3H3;1-2H3. The Morgan fingerprint density at radius 3 is 1.40 bits per heavy atom. The van der Waals surface area contributed by atoms with E-state index in [1.54, 1.807) is 0 Å². The molecule has 10 heavy (non-hydrogen) atoms. The van der Waals surface area contributed by atoms with E-state index in [9.17, 15) is 0 Å². The van der Waals surface area contributed by atoms with Gasteiger partial charge in [-0.2, -0.15) is 0 Å². The Morgan fingerprint density at radius 2 is 1.30 bits per heavy atom. The lowest BCUT2D eigenvalue weighted by molar-refractivity contribution is 0.187. The van der Waals surface area contributed by atoms with Crippen LogP contribution in [0.15, 0.2) is 0 Å². The largest absolute Gasteiger partial charge is 0.454 e. The summed E-state index contributed by atoms with van der Waals surface area (Å²) in [6, 6.07) is 0. The van der Waals surface area contributed by atoms with Crippen LogP contribution in [-0.2, 0) is 9.31 Å². The van der Waals surface area contributed by atoms with Crippen molar-refractivity contribution in [2.45, 2.75) is 46.7 Å². The third-order valence-electron chi connectivity index (χ3n) is 1.47. The minimum atomic E-state index is -0.000000000000000222. The summed E-state index contributed by atoms with van der Waals surface area (Å²) in [6.07, 6.45) is 0.537. The van der Waals surface area contributed by atoms with Gasteiger partial charge in [-0.25, -0.2) is 0 Å². The third-order valence-corrected chi connectivity index (χ3v) is 1.47. The van der Waals surface area contributed by atoms with Gasteiger partial charge >= 0.3 is 7.12 Å². The molecule has 0 spiro atoms. The van der Waals surface area contributed by atoms with Gasteiger partial charge < -0.3 is 9.31 Å². The first kappa shape index (κ1) is 9.98. The molecule has 2 nitrogen and oxygen atoms in total. The maximum absolute atomic E-state index is 5.25. The SMILES string of the molecule is CB1OC(C)C(C)O1.CC. The summed E-state index contributed by atoms with van der Waals surface area (Å²) >= 11 is 0. The summed E-state index contributed by atoms with van der Waals surface area (Å²) in [5, 5.41) is 0. The first-order valence-electron chi connectivity index (χ1n) is 4.01. The van der Waals surface area contributed by atoms with Gasteiger partial charge in [-0.1, -0.05) is 13.8 Å². The molecule has 60 valence electrons. The average molecular weight is 144 g/mol. The van der Waals surface area contributed by atoms with E-state index in [2.05, 4.69) is 0 Å². The maximum atomic E-state index is 5.25. The van der Waals surface area contributed by atoms with E-state index in [1.807, 2.05) is 34.5 Å². The molecule has 1 rings (SSSR count). The van der Waals surface area contributed by atoms with Crippen molar-refractivity contribution in [2.75, 3.05) is 0 Å². The Balaban J connectivity index is 0.000000371. The van der Waals surface area contributed by atoms with Gasteiger partial charge in [0.2, 0.25) is 0 Å². The second kappa shape index (κ2) is 4.75. The number of rotatable bonds is 0. The summed E-state index contributed by atoms with van der Waals surface area (Å²) < 4.78 is 10.5. The highest BCUT2D eigenvalue weighted by Gasteiger charge is 2.29.